The van der Waals surface area contributed by atoms with Gasteiger partial charge in [0, 0.05) is 17.6 Å². The summed E-state index contributed by atoms with van der Waals surface area (Å²) in [7, 11) is 0. The number of hydrogen-bond donors (Lipinski definition) is 2. The molecule has 2 aromatic carbocycles. The third-order valence-corrected chi connectivity index (χ3v) is 5.15. The second-order valence-corrected chi connectivity index (χ2v) is 7.63. The minimum atomic E-state index is -0.586. The molecule has 3 rings (SSSR count). The summed E-state index contributed by atoms with van der Waals surface area (Å²) in [6.45, 7) is 2.11. The smallest absolute Gasteiger partial charge is 0.167 e. The Morgan fingerprint density at radius 2 is 2.15 bits per heavy atom. The van der Waals surface area contributed by atoms with Gasteiger partial charge in [-0.15, -0.1) is 0 Å². The van der Waals surface area contributed by atoms with Crippen molar-refractivity contribution >= 4 is 17.4 Å². The maximum atomic E-state index is 11.1. The first-order valence-electron chi connectivity index (χ1n) is 9.42. The molecule has 0 spiro atoms. The van der Waals surface area contributed by atoms with Crippen LogP contribution in [0.1, 0.15) is 42.6 Å². The highest BCUT2D eigenvalue weighted by molar-refractivity contribution is 6.30. The van der Waals surface area contributed by atoms with Gasteiger partial charge in [0.25, 0.3) is 0 Å². The Bertz CT molecular complexity index is 793. The molecule has 0 amide bonds. The fraction of sp³-hybridized carbons (Fsp3) is 0.409. The Morgan fingerprint density at radius 3 is 2.93 bits per heavy atom. The zero-order chi connectivity index (χ0) is 19.2. The van der Waals surface area contributed by atoms with Gasteiger partial charge < -0.3 is 15.2 Å². The van der Waals surface area contributed by atoms with Crippen LogP contribution in [0.25, 0.3) is 0 Å². The van der Waals surface area contributed by atoms with Gasteiger partial charge in [0.1, 0.15) is 12.4 Å². The second kappa shape index (κ2) is 9.36. The van der Waals surface area contributed by atoms with Crippen molar-refractivity contribution in [3.8, 4) is 5.75 Å². The lowest BCUT2D eigenvalue weighted by molar-refractivity contribution is -0.118. The lowest BCUT2D eigenvalue weighted by atomic mass is 10.0. The van der Waals surface area contributed by atoms with Gasteiger partial charge in [-0.1, -0.05) is 29.8 Å². The molecule has 2 atom stereocenters. The van der Waals surface area contributed by atoms with Gasteiger partial charge in [0.15, 0.2) is 5.78 Å². The summed E-state index contributed by atoms with van der Waals surface area (Å²) in [5, 5.41) is 14.6. The standard InChI is InChI=1S/C22H26ClNO3/c1-15(25)14-27-21-9-8-16-4-3-7-20(11-18(16)12-21)24-13-22(26)17-5-2-6-19(23)10-17/h2,5-6,8-10,12,20,22,24,26H,3-4,7,11,13-14H2,1H3/t20-,22-/m0/s1. The molecule has 0 aliphatic heterocycles. The van der Waals surface area contributed by atoms with E-state index in [2.05, 4.69) is 11.4 Å². The molecule has 0 bridgehead atoms. The quantitative estimate of drug-likeness (QED) is 0.708. The highest BCUT2D eigenvalue weighted by Crippen LogP contribution is 2.26. The number of carbonyl (C=O) groups excluding carboxylic acids is 1. The minimum absolute atomic E-state index is 0.0134. The van der Waals surface area contributed by atoms with Crippen molar-refractivity contribution in [2.24, 2.45) is 0 Å². The number of ketones is 1. The number of ether oxygens (including phenoxy) is 1. The molecule has 2 aromatic rings. The fourth-order valence-corrected chi connectivity index (χ4v) is 3.70. The first-order chi connectivity index (χ1) is 13.0. The van der Waals surface area contributed by atoms with E-state index in [-0.39, 0.29) is 12.4 Å². The van der Waals surface area contributed by atoms with Gasteiger partial charge in [-0.2, -0.15) is 0 Å². The number of aliphatic hydroxyl groups excluding tert-OH is 1. The number of fused-ring (bicyclic) bond motifs is 1. The summed E-state index contributed by atoms with van der Waals surface area (Å²) in [6, 6.07) is 13.7. The maximum Gasteiger partial charge on any atom is 0.167 e. The minimum Gasteiger partial charge on any atom is -0.486 e. The lowest BCUT2D eigenvalue weighted by Gasteiger charge is -2.20. The van der Waals surface area contributed by atoms with Crippen LogP contribution in [0.4, 0.5) is 0 Å². The summed E-state index contributed by atoms with van der Waals surface area (Å²) < 4.78 is 5.55. The number of nitrogens with one attached hydrogen (secondary N) is 1. The predicted octanol–water partition coefficient (Wildman–Crippen LogP) is 3.88. The summed E-state index contributed by atoms with van der Waals surface area (Å²) in [5.41, 5.74) is 3.41. The molecule has 0 heterocycles. The number of aliphatic hydroxyl groups is 1. The molecule has 0 fully saturated rings. The van der Waals surface area contributed by atoms with Crippen LogP contribution < -0.4 is 10.1 Å². The number of hydrogen-bond acceptors (Lipinski definition) is 4. The van der Waals surface area contributed by atoms with E-state index in [0.717, 1.165) is 37.0 Å². The normalized spacial score (nSPS) is 17.7. The molecule has 144 valence electrons. The van der Waals surface area contributed by atoms with Gasteiger partial charge in [0.05, 0.1) is 6.10 Å². The molecule has 0 saturated carbocycles. The van der Waals surface area contributed by atoms with Gasteiger partial charge in [-0.25, -0.2) is 0 Å². The molecule has 0 radical (unpaired) electrons. The number of carbonyl (C=O) groups is 1. The van der Waals surface area contributed by atoms with E-state index < -0.39 is 6.10 Å². The topological polar surface area (TPSA) is 58.6 Å². The van der Waals surface area contributed by atoms with E-state index in [1.54, 1.807) is 12.1 Å². The average molecular weight is 388 g/mol. The molecule has 5 heteroatoms. The number of Topliss-reactive ketones (excluding diaryl/α,β-unsaturated/α-hetero) is 1. The van der Waals surface area contributed by atoms with E-state index in [9.17, 15) is 9.90 Å². The summed E-state index contributed by atoms with van der Waals surface area (Å²) >= 11 is 6.01. The van der Waals surface area contributed by atoms with Crippen LogP contribution in [-0.2, 0) is 17.6 Å². The molecule has 1 aliphatic rings. The SMILES string of the molecule is CC(=O)COc1ccc2c(c1)C[C@@H](NC[C@H](O)c1cccc(Cl)c1)CCC2. The predicted molar refractivity (Wildman–Crippen MR) is 107 cm³/mol. The summed E-state index contributed by atoms with van der Waals surface area (Å²) in [6.07, 6.45) is 3.50. The molecule has 4 nitrogen and oxygen atoms in total. The van der Waals surface area contributed by atoms with Gasteiger partial charge in [-0.3, -0.25) is 4.79 Å². The third-order valence-electron chi connectivity index (χ3n) is 4.92. The highest BCUT2D eigenvalue weighted by Gasteiger charge is 2.18. The zero-order valence-corrected chi connectivity index (χ0v) is 16.3. The fourth-order valence-electron chi connectivity index (χ4n) is 3.50. The number of aryl methyl sites for hydroxylation is 1. The molecule has 0 saturated heterocycles. The van der Waals surface area contributed by atoms with Crippen LogP contribution >= 0.6 is 11.6 Å². The van der Waals surface area contributed by atoms with E-state index in [4.69, 9.17) is 16.3 Å². The summed E-state index contributed by atoms with van der Waals surface area (Å²) in [5.74, 6) is 0.753. The molecular weight excluding hydrogens is 362 g/mol. The van der Waals surface area contributed by atoms with Crippen molar-refractivity contribution in [3.05, 3.63) is 64.2 Å². The van der Waals surface area contributed by atoms with Crippen molar-refractivity contribution in [1.82, 2.24) is 5.32 Å². The zero-order valence-electron chi connectivity index (χ0n) is 15.6. The largest absolute Gasteiger partial charge is 0.486 e. The Morgan fingerprint density at radius 1 is 1.30 bits per heavy atom. The maximum absolute atomic E-state index is 11.1. The monoisotopic (exact) mass is 387 g/mol. The van der Waals surface area contributed by atoms with Crippen molar-refractivity contribution < 1.29 is 14.6 Å². The number of halogens is 1. The Balaban J connectivity index is 1.61. The highest BCUT2D eigenvalue weighted by atomic mass is 35.5. The Labute approximate surface area is 165 Å². The van der Waals surface area contributed by atoms with Crippen molar-refractivity contribution in [3.63, 3.8) is 0 Å². The van der Waals surface area contributed by atoms with E-state index in [1.807, 2.05) is 24.3 Å². The molecule has 0 unspecified atom stereocenters. The van der Waals surface area contributed by atoms with Crippen LogP contribution in [0.5, 0.6) is 5.75 Å². The molecule has 2 N–H and O–H groups in total. The first-order valence-corrected chi connectivity index (χ1v) is 9.80. The van der Waals surface area contributed by atoms with Crippen LogP contribution in [0.15, 0.2) is 42.5 Å². The second-order valence-electron chi connectivity index (χ2n) is 7.19. The van der Waals surface area contributed by atoms with Gasteiger partial charge in [-0.05, 0) is 73.6 Å². The molecular formula is C22H26ClNO3. The van der Waals surface area contributed by atoms with Crippen molar-refractivity contribution in [1.29, 1.82) is 0 Å². The Hall–Kier alpha value is -1.88. The van der Waals surface area contributed by atoms with Crippen LogP contribution in [0.3, 0.4) is 0 Å². The summed E-state index contributed by atoms with van der Waals surface area (Å²) in [4.78, 5) is 11.1. The van der Waals surface area contributed by atoms with Crippen LogP contribution in [0, 0.1) is 0 Å². The van der Waals surface area contributed by atoms with E-state index >= 15 is 0 Å². The third kappa shape index (κ3) is 5.80. The average Bonchev–Trinajstić information content (AvgIpc) is 2.85. The van der Waals surface area contributed by atoms with Crippen LogP contribution in [0.2, 0.25) is 5.02 Å². The van der Waals surface area contributed by atoms with E-state index in [0.29, 0.717) is 17.6 Å². The number of rotatable bonds is 7. The van der Waals surface area contributed by atoms with Gasteiger partial charge >= 0.3 is 0 Å². The van der Waals surface area contributed by atoms with E-state index in [1.165, 1.54) is 18.1 Å². The number of benzene rings is 2. The van der Waals surface area contributed by atoms with Crippen molar-refractivity contribution in [2.45, 2.75) is 44.8 Å². The molecule has 1 aliphatic carbocycles. The Kier molecular flexibility index (Phi) is 6.89. The van der Waals surface area contributed by atoms with Gasteiger partial charge in [0.2, 0.25) is 0 Å². The first kappa shape index (κ1) is 19.9. The molecule has 0 aromatic heterocycles. The molecule has 27 heavy (non-hydrogen) atoms. The lowest BCUT2D eigenvalue weighted by Crippen LogP contribution is -2.34. The van der Waals surface area contributed by atoms with Crippen molar-refractivity contribution in [2.75, 3.05) is 13.2 Å². The van der Waals surface area contributed by atoms with Crippen LogP contribution in [-0.4, -0.2) is 30.1 Å².